The van der Waals surface area contributed by atoms with Crippen LogP contribution in [0.1, 0.15) is 22.3 Å². The van der Waals surface area contributed by atoms with E-state index in [0.29, 0.717) is 23.6 Å². The zero-order valence-electron chi connectivity index (χ0n) is 19.1. The van der Waals surface area contributed by atoms with Crippen LogP contribution in [0.3, 0.4) is 0 Å². The molecule has 0 unspecified atom stereocenters. The van der Waals surface area contributed by atoms with Crippen molar-refractivity contribution in [3.05, 3.63) is 120 Å². The lowest BCUT2D eigenvalue weighted by Gasteiger charge is -2.12. The number of amides is 2. The van der Waals surface area contributed by atoms with Crippen molar-refractivity contribution in [3.63, 3.8) is 0 Å². The molecule has 35 heavy (non-hydrogen) atoms. The van der Waals surface area contributed by atoms with Crippen LogP contribution in [0.2, 0.25) is 0 Å². The summed E-state index contributed by atoms with van der Waals surface area (Å²) in [6, 6.07) is 25.6. The van der Waals surface area contributed by atoms with E-state index in [0.717, 1.165) is 18.5 Å². The minimum absolute atomic E-state index is 0.151. The molecule has 7 heteroatoms. The quantitative estimate of drug-likeness (QED) is 0.263. The topological polar surface area (TPSA) is 85.2 Å². The molecule has 2 N–H and O–H groups in total. The van der Waals surface area contributed by atoms with Crippen molar-refractivity contribution in [2.75, 3.05) is 6.54 Å². The van der Waals surface area contributed by atoms with E-state index in [2.05, 4.69) is 15.6 Å². The SMILES string of the molecule is O=C(NCCCn1ccnc1)/C(=C/c1cccc(Oc2ccccc2)c1)NC(=O)c1ccccc1. The standard InChI is InChI=1S/C28H26N4O3/c33-27(23-10-3-1-4-11-23)31-26(28(34)30-15-8-17-32-18-16-29-21-32)20-22-9-7-14-25(19-22)35-24-12-5-2-6-13-24/h1-7,9-14,16,18-21H,8,15,17H2,(H,30,34)(H,31,33)/b26-20-. The predicted octanol–water partition coefficient (Wildman–Crippen LogP) is 4.65. The van der Waals surface area contributed by atoms with Crippen molar-refractivity contribution in [3.8, 4) is 11.5 Å². The van der Waals surface area contributed by atoms with Crippen LogP contribution in [0.4, 0.5) is 0 Å². The molecule has 0 atom stereocenters. The number of imidazole rings is 1. The van der Waals surface area contributed by atoms with Crippen LogP contribution in [-0.2, 0) is 11.3 Å². The Morgan fingerprint density at radius 3 is 2.40 bits per heavy atom. The van der Waals surface area contributed by atoms with Crippen LogP contribution in [0, 0.1) is 0 Å². The summed E-state index contributed by atoms with van der Waals surface area (Å²) in [6.45, 7) is 1.18. The first kappa shape index (κ1) is 23.5. The minimum Gasteiger partial charge on any atom is -0.457 e. The number of hydrogen-bond acceptors (Lipinski definition) is 4. The summed E-state index contributed by atoms with van der Waals surface area (Å²) >= 11 is 0. The molecule has 0 saturated heterocycles. The number of nitrogens with zero attached hydrogens (tertiary/aromatic N) is 2. The highest BCUT2D eigenvalue weighted by Gasteiger charge is 2.14. The second-order valence-corrected chi connectivity index (χ2v) is 7.78. The van der Waals surface area contributed by atoms with Gasteiger partial charge in [0, 0.05) is 31.0 Å². The molecule has 0 aliphatic rings. The average molecular weight is 467 g/mol. The molecule has 0 saturated carbocycles. The molecule has 0 radical (unpaired) electrons. The molecule has 1 aromatic heterocycles. The molecule has 0 spiro atoms. The number of carbonyl (C=O) groups excluding carboxylic acids is 2. The van der Waals surface area contributed by atoms with Crippen molar-refractivity contribution in [1.82, 2.24) is 20.2 Å². The number of carbonyl (C=O) groups is 2. The van der Waals surface area contributed by atoms with Crippen LogP contribution < -0.4 is 15.4 Å². The number of ether oxygens (including phenoxy) is 1. The molecule has 7 nitrogen and oxygen atoms in total. The fraction of sp³-hybridized carbons (Fsp3) is 0.107. The van der Waals surface area contributed by atoms with Gasteiger partial charge in [-0.25, -0.2) is 4.98 Å². The molecule has 2 amide bonds. The van der Waals surface area contributed by atoms with Crippen LogP contribution >= 0.6 is 0 Å². The maximum atomic E-state index is 13.0. The van der Waals surface area contributed by atoms with Crippen molar-refractivity contribution >= 4 is 17.9 Å². The Hall–Kier alpha value is -4.65. The Kier molecular flexibility index (Phi) is 8.05. The largest absolute Gasteiger partial charge is 0.457 e. The summed E-state index contributed by atoms with van der Waals surface area (Å²) < 4.78 is 7.84. The number of para-hydroxylation sites is 1. The van der Waals surface area contributed by atoms with Gasteiger partial charge in [0.25, 0.3) is 11.8 Å². The van der Waals surface area contributed by atoms with Gasteiger partial charge in [0.15, 0.2) is 0 Å². The first-order valence-corrected chi connectivity index (χ1v) is 11.3. The van der Waals surface area contributed by atoms with Crippen LogP contribution in [0.25, 0.3) is 6.08 Å². The van der Waals surface area contributed by atoms with Crippen molar-refractivity contribution in [2.45, 2.75) is 13.0 Å². The highest BCUT2D eigenvalue weighted by molar-refractivity contribution is 6.05. The van der Waals surface area contributed by atoms with Crippen LogP contribution in [0.15, 0.2) is 109 Å². The molecule has 0 fully saturated rings. The lowest BCUT2D eigenvalue weighted by molar-refractivity contribution is -0.117. The van der Waals surface area contributed by atoms with Crippen LogP contribution in [-0.4, -0.2) is 27.9 Å². The highest BCUT2D eigenvalue weighted by atomic mass is 16.5. The smallest absolute Gasteiger partial charge is 0.267 e. The summed E-state index contributed by atoms with van der Waals surface area (Å²) in [4.78, 5) is 29.8. The van der Waals surface area contributed by atoms with E-state index in [1.165, 1.54) is 0 Å². The van der Waals surface area contributed by atoms with Gasteiger partial charge in [0.2, 0.25) is 0 Å². The fourth-order valence-electron chi connectivity index (χ4n) is 3.38. The third-order valence-electron chi connectivity index (χ3n) is 5.11. The molecule has 4 rings (SSSR count). The van der Waals surface area contributed by atoms with Crippen molar-refractivity contribution < 1.29 is 14.3 Å². The Morgan fingerprint density at radius 2 is 1.66 bits per heavy atom. The summed E-state index contributed by atoms with van der Waals surface area (Å²) in [7, 11) is 0. The highest BCUT2D eigenvalue weighted by Crippen LogP contribution is 2.22. The van der Waals surface area contributed by atoms with Gasteiger partial charge in [0.1, 0.15) is 17.2 Å². The number of hydrogen-bond donors (Lipinski definition) is 2. The van der Waals surface area contributed by atoms with E-state index < -0.39 is 0 Å². The summed E-state index contributed by atoms with van der Waals surface area (Å²) in [5, 5.41) is 5.65. The third kappa shape index (κ3) is 7.17. The Balaban J connectivity index is 1.49. The van der Waals surface area contributed by atoms with E-state index in [-0.39, 0.29) is 17.5 Å². The molecular formula is C28H26N4O3. The summed E-state index contributed by atoms with van der Waals surface area (Å²) in [6.07, 6.45) is 7.69. The van der Waals surface area contributed by atoms with E-state index in [4.69, 9.17) is 4.74 Å². The summed E-state index contributed by atoms with van der Waals surface area (Å²) in [5.41, 5.74) is 1.33. The lowest BCUT2D eigenvalue weighted by Crippen LogP contribution is -2.35. The summed E-state index contributed by atoms with van der Waals surface area (Å²) in [5.74, 6) is 0.609. The number of aryl methyl sites for hydroxylation is 1. The number of benzene rings is 3. The number of nitrogens with one attached hydrogen (secondary N) is 2. The van der Waals surface area contributed by atoms with Crippen LogP contribution in [0.5, 0.6) is 11.5 Å². The Morgan fingerprint density at radius 1 is 0.914 bits per heavy atom. The van der Waals surface area contributed by atoms with Crippen molar-refractivity contribution in [2.24, 2.45) is 0 Å². The van der Waals surface area contributed by atoms with Gasteiger partial charge in [-0.15, -0.1) is 0 Å². The van der Waals surface area contributed by atoms with Gasteiger partial charge in [0.05, 0.1) is 6.33 Å². The number of rotatable bonds is 10. The second-order valence-electron chi connectivity index (χ2n) is 7.78. The zero-order chi connectivity index (χ0) is 24.3. The monoisotopic (exact) mass is 466 g/mol. The van der Waals surface area contributed by atoms with Gasteiger partial charge in [-0.3, -0.25) is 9.59 Å². The third-order valence-corrected chi connectivity index (χ3v) is 5.11. The predicted molar refractivity (Wildman–Crippen MR) is 135 cm³/mol. The minimum atomic E-state index is -0.366. The van der Waals surface area contributed by atoms with Gasteiger partial charge in [-0.05, 0) is 54.5 Å². The number of aromatic nitrogens is 2. The Labute approximate surface area is 204 Å². The maximum Gasteiger partial charge on any atom is 0.267 e. The zero-order valence-corrected chi connectivity index (χ0v) is 19.1. The van der Waals surface area contributed by atoms with E-state index in [1.54, 1.807) is 42.9 Å². The maximum absolute atomic E-state index is 13.0. The van der Waals surface area contributed by atoms with Crippen molar-refractivity contribution in [1.29, 1.82) is 0 Å². The van der Waals surface area contributed by atoms with E-state index in [9.17, 15) is 9.59 Å². The molecule has 176 valence electrons. The normalized spacial score (nSPS) is 11.0. The van der Waals surface area contributed by atoms with Gasteiger partial charge in [-0.2, -0.15) is 0 Å². The molecule has 0 aliphatic carbocycles. The molecular weight excluding hydrogens is 440 g/mol. The van der Waals surface area contributed by atoms with Gasteiger partial charge in [-0.1, -0.05) is 48.5 Å². The van der Waals surface area contributed by atoms with Gasteiger partial charge < -0.3 is 19.9 Å². The van der Waals surface area contributed by atoms with E-state index in [1.807, 2.05) is 71.4 Å². The second kappa shape index (κ2) is 12.0. The molecule has 1 heterocycles. The average Bonchev–Trinajstić information content (AvgIpc) is 3.41. The fourth-order valence-corrected chi connectivity index (χ4v) is 3.38. The van der Waals surface area contributed by atoms with Gasteiger partial charge >= 0.3 is 0 Å². The first-order chi connectivity index (χ1) is 17.2. The Bertz CT molecular complexity index is 1270. The molecule has 0 bridgehead atoms. The molecule has 0 aliphatic heterocycles. The van der Waals surface area contributed by atoms with E-state index >= 15 is 0 Å². The molecule has 3 aromatic carbocycles. The first-order valence-electron chi connectivity index (χ1n) is 11.3. The molecule has 4 aromatic rings. The lowest BCUT2D eigenvalue weighted by atomic mass is 10.1.